The molecule has 0 bridgehead atoms. The minimum absolute atomic E-state index is 0.0559. The van der Waals surface area contributed by atoms with Gasteiger partial charge in [0, 0.05) is 37.0 Å². The van der Waals surface area contributed by atoms with Crippen LogP contribution in [-0.2, 0) is 19.1 Å². The third kappa shape index (κ3) is 4.90. The number of β-amino-alcohol motifs (C(OH)–C–C–N with tert-alkyl or cyclic N) is 1. The lowest BCUT2D eigenvalue weighted by Gasteiger charge is -2.27. The predicted molar refractivity (Wildman–Crippen MR) is 117 cm³/mol. The fourth-order valence-electron chi connectivity index (χ4n) is 3.84. The highest BCUT2D eigenvalue weighted by atomic mass is 16.5. The molecule has 2 fully saturated rings. The summed E-state index contributed by atoms with van der Waals surface area (Å²) in [6.07, 6.45) is 2.26. The van der Waals surface area contributed by atoms with Crippen molar-refractivity contribution in [3.8, 4) is 0 Å². The van der Waals surface area contributed by atoms with E-state index in [0.717, 1.165) is 11.4 Å². The third-order valence-corrected chi connectivity index (χ3v) is 5.45. The Kier molecular flexibility index (Phi) is 6.38. The van der Waals surface area contributed by atoms with Gasteiger partial charge in [-0.3, -0.25) is 14.4 Å². The van der Waals surface area contributed by atoms with E-state index in [2.05, 4.69) is 5.32 Å². The summed E-state index contributed by atoms with van der Waals surface area (Å²) in [7, 11) is 0. The van der Waals surface area contributed by atoms with Gasteiger partial charge in [-0.25, -0.2) is 0 Å². The highest BCUT2D eigenvalue weighted by Crippen LogP contribution is 2.23. The van der Waals surface area contributed by atoms with Crippen molar-refractivity contribution in [2.45, 2.75) is 25.5 Å². The van der Waals surface area contributed by atoms with Crippen molar-refractivity contribution < 1.29 is 28.6 Å². The second kappa shape index (κ2) is 9.37. The van der Waals surface area contributed by atoms with Crippen LogP contribution in [0.25, 0.3) is 6.08 Å². The van der Waals surface area contributed by atoms with E-state index in [0.29, 0.717) is 24.6 Å². The summed E-state index contributed by atoms with van der Waals surface area (Å²) in [5.74, 6) is 0.398. The second-order valence-corrected chi connectivity index (χ2v) is 7.81. The normalized spacial score (nSPS) is 21.4. The summed E-state index contributed by atoms with van der Waals surface area (Å²) < 4.78 is 10.6. The Balaban J connectivity index is 1.40. The number of aliphatic hydroxyl groups excluding tert-OH is 1. The Morgan fingerprint density at radius 3 is 2.66 bits per heavy atom. The highest BCUT2D eigenvalue weighted by molar-refractivity contribution is 6.01. The number of hydrogen-bond donors (Lipinski definition) is 2. The molecule has 0 unspecified atom stereocenters. The number of amides is 3. The molecule has 4 rings (SSSR count). The highest BCUT2D eigenvalue weighted by Gasteiger charge is 2.38. The predicted octanol–water partition coefficient (Wildman–Crippen LogP) is 1.56. The molecule has 1 aromatic carbocycles. The number of nitrogens with one attached hydrogen (secondary N) is 1. The number of benzene rings is 1. The number of carbonyl (C=O) groups is 3. The smallest absolute Gasteiger partial charge is 0.253 e. The lowest BCUT2D eigenvalue weighted by Crippen LogP contribution is -2.42. The molecule has 0 radical (unpaired) electrons. The van der Waals surface area contributed by atoms with Crippen molar-refractivity contribution in [3.63, 3.8) is 0 Å². The summed E-state index contributed by atoms with van der Waals surface area (Å²) in [5, 5.41) is 12.9. The van der Waals surface area contributed by atoms with Crippen LogP contribution in [-0.4, -0.2) is 66.2 Å². The molecule has 2 N–H and O–H groups in total. The van der Waals surface area contributed by atoms with Gasteiger partial charge in [-0.05, 0) is 49.4 Å². The SMILES string of the molecule is Cc1ccc(/C=C/C(=O)N2C[C@H](O)C[C@@H]2C(=O)Nc2ccc(N3CCOCC3=O)cc2)o1. The van der Waals surface area contributed by atoms with Gasteiger partial charge < -0.3 is 29.4 Å². The van der Waals surface area contributed by atoms with Gasteiger partial charge >= 0.3 is 0 Å². The Bertz CT molecular complexity index is 1030. The molecule has 2 aliphatic heterocycles. The van der Waals surface area contributed by atoms with Gasteiger partial charge in [0.25, 0.3) is 5.91 Å². The average Bonchev–Trinajstić information content (AvgIpc) is 3.38. The lowest BCUT2D eigenvalue weighted by molar-refractivity contribution is -0.132. The monoisotopic (exact) mass is 439 g/mol. The zero-order chi connectivity index (χ0) is 22.7. The molecule has 168 valence electrons. The number of anilines is 2. The van der Waals surface area contributed by atoms with Gasteiger partial charge in [0.2, 0.25) is 11.8 Å². The lowest BCUT2D eigenvalue weighted by atomic mass is 10.1. The molecule has 3 amide bonds. The molecule has 3 heterocycles. The van der Waals surface area contributed by atoms with Crippen molar-refractivity contribution in [1.82, 2.24) is 4.90 Å². The molecular formula is C23H25N3O6. The van der Waals surface area contributed by atoms with Crippen LogP contribution < -0.4 is 10.2 Å². The number of aliphatic hydroxyl groups is 1. The molecule has 2 aliphatic rings. The number of ether oxygens (including phenoxy) is 1. The number of aryl methyl sites for hydroxylation is 1. The summed E-state index contributed by atoms with van der Waals surface area (Å²) in [6.45, 7) is 2.90. The van der Waals surface area contributed by atoms with E-state index in [9.17, 15) is 19.5 Å². The van der Waals surface area contributed by atoms with E-state index in [1.807, 2.05) is 6.92 Å². The van der Waals surface area contributed by atoms with Gasteiger partial charge in [0.1, 0.15) is 24.2 Å². The van der Waals surface area contributed by atoms with Crippen molar-refractivity contribution in [1.29, 1.82) is 0 Å². The van der Waals surface area contributed by atoms with Crippen LogP contribution in [0.4, 0.5) is 11.4 Å². The Labute approximate surface area is 185 Å². The largest absolute Gasteiger partial charge is 0.462 e. The van der Waals surface area contributed by atoms with Crippen LogP contribution in [0.15, 0.2) is 46.9 Å². The maximum atomic E-state index is 12.9. The van der Waals surface area contributed by atoms with Crippen LogP contribution in [0.2, 0.25) is 0 Å². The third-order valence-electron chi connectivity index (χ3n) is 5.45. The Hall–Kier alpha value is -3.43. The van der Waals surface area contributed by atoms with Crippen molar-refractivity contribution in [2.24, 2.45) is 0 Å². The molecule has 32 heavy (non-hydrogen) atoms. The summed E-state index contributed by atoms with van der Waals surface area (Å²) >= 11 is 0. The zero-order valence-electron chi connectivity index (χ0n) is 17.7. The standard InChI is InChI=1S/C23H25N3O6/c1-15-2-7-19(32-15)8-9-21(28)26-13-18(27)12-20(26)23(30)24-16-3-5-17(6-4-16)25-10-11-31-14-22(25)29/h2-9,18,20,27H,10-14H2,1H3,(H,24,30)/b9-8+/t18-,20-/m1/s1. The first-order valence-electron chi connectivity index (χ1n) is 10.4. The van der Waals surface area contributed by atoms with Gasteiger partial charge in [-0.15, -0.1) is 0 Å². The van der Waals surface area contributed by atoms with E-state index in [1.54, 1.807) is 47.4 Å². The van der Waals surface area contributed by atoms with E-state index in [-0.39, 0.29) is 37.3 Å². The fraction of sp³-hybridized carbons (Fsp3) is 0.348. The average molecular weight is 439 g/mol. The van der Waals surface area contributed by atoms with Crippen LogP contribution in [0.3, 0.4) is 0 Å². The number of likely N-dealkylation sites (tertiary alicyclic amines) is 1. The minimum Gasteiger partial charge on any atom is -0.462 e. The molecule has 9 heteroatoms. The molecule has 0 saturated carbocycles. The van der Waals surface area contributed by atoms with E-state index < -0.39 is 12.1 Å². The van der Waals surface area contributed by atoms with Crippen molar-refractivity contribution in [3.05, 3.63) is 54.0 Å². The number of hydrogen-bond acceptors (Lipinski definition) is 6. The Morgan fingerprint density at radius 1 is 1.19 bits per heavy atom. The molecule has 2 aromatic rings. The zero-order valence-corrected chi connectivity index (χ0v) is 17.7. The number of nitrogens with zero attached hydrogens (tertiary/aromatic N) is 2. The quantitative estimate of drug-likeness (QED) is 0.684. The molecule has 0 spiro atoms. The van der Waals surface area contributed by atoms with Crippen LogP contribution in [0.5, 0.6) is 0 Å². The maximum absolute atomic E-state index is 12.9. The molecular weight excluding hydrogens is 414 g/mol. The first-order valence-corrected chi connectivity index (χ1v) is 10.4. The summed E-state index contributed by atoms with van der Waals surface area (Å²) in [5.41, 5.74) is 1.26. The molecule has 0 aliphatic carbocycles. The number of rotatable bonds is 5. The minimum atomic E-state index is -0.791. The molecule has 9 nitrogen and oxygen atoms in total. The van der Waals surface area contributed by atoms with Crippen molar-refractivity contribution in [2.75, 3.05) is 36.5 Å². The number of morpholine rings is 1. The molecule has 2 atom stereocenters. The fourth-order valence-corrected chi connectivity index (χ4v) is 3.84. The van der Waals surface area contributed by atoms with Crippen LogP contribution >= 0.6 is 0 Å². The van der Waals surface area contributed by atoms with Gasteiger partial charge in [0.15, 0.2) is 0 Å². The Morgan fingerprint density at radius 2 is 1.97 bits per heavy atom. The number of carbonyl (C=O) groups excluding carboxylic acids is 3. The van der Waals surface area contributed by atoms with Gasteiger partial charge in [-0.1, -0.05) is 0 Å². The topological polar surface area (TPSA) is 112 Å². The first kappa shape index (κ1) is 21.8. The van der Waals surface area contributed by atoms with Crippen LogP contribution in [0.1, 0.15) is 17.9 Å². The first-order chi connectivity index (χ1) is 15.4. The van der Waals surface area contributed by atoms with E-state index in [4.69, 9.17) is 9.15 Å². The van der Waals surface area contributed by atoms with Gasteiger partial charge in [-0.2, -0.15) is 0 Å². The summed E-state index contributed by atoms with van der Waals surface area (Å²) in [6, 6.07) is 9.65. The van der Waals surface area contributed by atoms with E-state index >= 15 is 0 Å². The summed E-state index contributed by atoms with van der Waals surface area (Å²) in [4.78, 5) is 40.5. The van der Waals surface area contributed by atoms with E-state index in [1.165, 1.54) is 11.0 Å². The number of furan rings is 1. The van der Waals surface area contributed by atoms with Crippen LogP contribution in [0, 0.1) is 6.92 Å². The van der Waals surface area contributed by atoms with Gasteiger partial charge in [0.05, 0.1) is 12.7 Å². The van der Waals surface area contributed by atoms with Crippen molar-refractivity contribution >= 4 is 35.2 Å². The maximum Gasteiger partial charge on any atom is 0.253 e. The second-order valence-electron chi connectivity index (χ2n) is 7.81. The molecule has 1 aromatic heterocycles. The molecule has 2 saturated heterocycles.